The zero-order valence-electron chi connectivity index (χ0n) is 17.3. The highest BCUT2D eigenvalue weighted by Crippen LogP contribution is 2.14. The van der Waals surface area contributed by atoms with Crippen LogP contribution in [0, 0.1) is 0 Å². The summed E-state index contributed by atoms with van der Waals surface area (Å²) in [7, 11) is -3.36. The van der Waals surface area contributed by atoms with Gasteiger partial charge in [0.1, 0.15) is 12.4 Å². The van der Waals surface area contributed by atoms with Crippen molar-refractivity contribution < 1.29 is 28.2 Å². The first-order valence-electron chi connectivity index (χ1n) is 9.94. The number of aliphatic hydroxyl groups is 1. The number of benzene rings is 1. The minimum Gasteiger partial charge on any atom is -0.491 e. The Morgan fingerprint density at radius 2 is 2.03 bits per heavy atom. The van der Waals surface area contributed by atoms with Crippen molar-refractivity contribution in [2.45, 2.75) is 51.6 Å². The van der Waals surface area contributed by atoms with Crippen LogP contribution < -0.4 is 4.74 Å². The Morgan fingerprint density at radius 1 is 1.28 bits per heavy atom. The van der Waals surface area contributed by atoms with E-state index in [1.807, 2.05) is 24.3 Å². The zero-order chi connectivity index (χ0) is 21.7. The highest BCUT2D eigenvalue weighted by atomic mass is 32.2. The number of carbonyl (C=O) groups is 1. The fourth-order valence-corrected chi connectivity index (χ4v) is 3.53. The lowest BCUT2D eigenvalue weighted by molar-refractivity contribution is -0.137. The summed E-state index contributed by atoms with van der Waals surface area (Å²) in [5.74, 6) is -0.119. The maximum atomic E-state index is 11.9. The molecule has 0 spiro atoms. The number of hydrogen-bond acceptors (Lipinski definition) is 5. The van der Waals surface area contributed by atoms with Crippen LogP contribution in [-0.4, -0.2) is 61.0 Å². The van der Waals surface area contributed by atoms with Crippen molar-refractivity contribution in [3.8, 4) is 5.75 Å². The number of nitrogens with zero attached hydrogens (tertiary/aromatic N) is 1. The molecule has 0 aliphatic heterocycles. The Labute approximate surface area is 174 Å². The molecule has 2 N–H and O–H groups in total. The molecular weight excluding hydrogens is 394 g/mol. The van der Waals surface area contributed by atoms with Crippen molar-refractivity contribution >= 4 is 16.0 Å². The number of ether oxygens (including phenoxy) is 1. The second-order valence-corrected chi connectivity index (χ2v) is 8.97. The van der Waals surface area contributed by atoms with Crippen LogP contribution in [0.5, 0.6) is 5.75 Å². The molecule has 1 rings (SSSR count). The minimum absolute atomic E-state index is 0.100. The number of hydrogen-bond donors (Lipinski definition) is 2. The average molecular weight is 428 g/mol. The number of carboxylic acids is 1. The number of rotatable bonds is 15. The van der Waals surface area contributed by atoms with E-state index < -0.39 is 22.1 Å². The largest absolute Gasteiger partial charge is 0.491 e. The smallest absolute Gasteiger partial charge is 0.303 e. The van der Waals surface area contributed by atoms with Crippen LogP contribution in [0.1, 0.15) is 44.6 Å². The van der Waals surface area contributed by atoms with Crippen LogP contribution in [0.15, 0.2) is 36.4 Å². The molecule has 164 valence electrons. The first-order valence-corrected chi connectivity index (χ1v) is 11.8. The van der Waals surface area contributed by atoms with Gasteiger partial charge in [-0.05, 0) is 49.8 Å². The molecule has 0 aliphatic carbocycles. The molecule has 0 amide bonds. The summed E-state index contributed by atoms with van der Waals surface area (Å²) in [6.45, 7) is 2.77. The van der Waals surface area contributed by atoms with Crippen molar-refractivity contribution in [3.05, 3.63) is 42.0 Å². The van der Waals surface area contributed by atoms with E-state index in [4.69, 9.17) is 9.84 Å². The summed E-state index contributed by atoms with van der Waals surface area (Å²) in [5, 5.41) is 18.7. The summed E-state index contributed by atoms with van der Waals surface area (Å²) in [6, 6.07) is 7.73. The molecule has 8 heteroatoms. The quantitative estimate of drug-likeness (QED) is 0.329. The van der Waals surface area contributed by atoms with E-state index in [2.05, 4.69) is 6.92 Å². The molecule has 1 unspecified atom stereocenters. The van der Waals surface area contributed by atoms with Crippen molar-refractivity contribution in [3.63, 3.8) is 0 Å². The number of allylic oxidation sites excluding steroid dienone is 1. The van der Waals surface area contributed by atoms with Crippen molar-refractivity contribution in [2.24, 2.45) is 0 Å². The molecule has 0 saturated carbocycles. The summed E-state index contributed by atoms with van der Waals surface area (Å²) in [5.41, 5.74) is 1.16. The maximum absolute atomic E-state index is 11.9. The van der Waals surface area contributed by atoms with Gasteiger partial charge in [-0.3, -0.25) is 4.79 Å². The molecular formula is C21H33NO6S. The van der Waals surface area contributed by atoms with Crippen LogP contribution in [0.25, 0.3) is 0 Å². The first kappa shape index (κ1) is 25.1. The van der Waals surface area contributed by atoms with E-state index >= 15 is 0 Å². The van der Waals surface area contributed by atoms with Crippen LogP contribution in [-0.2, 0) is 21.2 Å². The van der Waals surface area contributed by atoms with Gasteiger partial charge in [-0.15, -0.1) is 0 Å². The SMILES string of the molecule is CCc1cccc(OCC(O)CCCN(CC=CCCCC(=O)O)S(C)(=O)=O)c1. The average Bonchev–Trinajstić information content (AvgIpc) is 2.66. The lowest BCUT2D eigenvalue weighted by atomic mass is 10.1. The van der Waals surface area contributed by atoms with Crippen LogP contribution in [0.4, 0.5) is 0 Å². The summed E-state index contributed by atoms with van der Waals surface area (Å²) in [6.07, 6.45) is 7.10. The predicted octanol–water partition coefficient (Wildman–Crippen LogP) is 2.84. The van der Waals surface area contributed by atoms with Crippen molar-refractivity contribution in [1.82, 2.24) is 4.31 Å². The van der Waals surface area contributed by atoms with Crippen LogP contribution in [0.2, 0.25) is 0 Å². The van der Waals surface area contributed by atoms with E-state index in [1.165, 1.54) is 4.31 Å². The van der Waals surface area contributed by atoms with Crippen LogP contribution >= 0.6 is 0 Å². The number of unbranched alkanes of at least 4 members (excludes halogenated alkanes) is 1. The van der Waals surface area contributed by atoms with Gasteiger partial charge in [0.05, 0.1) is 12.4 Å². The lowest BCUT2D eigenvalue weighted by Gasteiger charge is -2.19. The highest BCUT2D eigenvalue weighted by molar-refractivity contribution is 7.88. The van der Waals surface area contributed by atoms with Gasteiger partial charge >= 0.3 is 5.97 Å². The Morgan fingerprint density at radius 3 is 2.69 bits per heavy atom. The molecule has 1 aromatic carbocycles. The molecule has 1 atom stereocenters. The molecule has 1 aromatic rings. The van der Waals surface area contributed by atoms with E-state index in [-0.39, 0.29) is 19.6 Å². The molecule has 0 aliphatic rings. The molecule has 7 nitrogen and oxygen atoms in total. The third-order valence-electron chi connectivity index (χ3n) is 4.40. The van der Waals surface area contributed by atoms with Crippen molar-refractivity contribution in [1.29, 1.82) is 0 Å². The Hall–Kier alpha value is -1.90. The van der Waals surface area contributed by atoms with Crippen molar-refractivity contribution in [2.75, 3.05) is 26.0 Å². The summed E-state index contributed by atoms with van der Waals surface area (Å²) >= 11 is 0. The topological polar surface area (TPSA) is 104 Å². The van der Waals surface area contributed by atoms with Gasteiger partial charge in [-0.1, -0.05) is 31.2 Å². The van der Waals surface area contributed by atoms with Gasteiger partial charge in [0.15, 0.2) is 0 Å². The minimum atomic E-state index is -3.36. The number of carboxylic acid groups (broad SMARTS) is 1. The monoisotopic (exact) mass is 427 g/mol. The number of sulfonamides is 1. The van der Waals surface area contributed by atoms with Gasteiger partial charge in [-0.25, -0.2) is 8.42 Å². The molecule has 0 saturated heterocycles. The summed E-state index contributed by atoms with van der Waals surface area (Å²) < 4.78 is 30.8. The summed E-state index contributed by atoms with van der Waals surface area (Å²) in [4.78, 5) is 10.5. The van der Waals surface area contributed by atoms with Gasteiger partial charge in [-0.2, -0.15) is 4.31 Å². The van der Waals surface area contributed by atoms with Gasteiger partial charge < -0.3 is 14.9 Å². The van der Waals surface area contributed by atoms with Gasteiger partial charge in [0.25, 0.3) is 0 Å². The number of aliphatic carboxylic acids is 1. The Bertz CT molecular complexity index is 747. The molecule has 0 heterocycles. The molecule has 0 bridgehead atoms. The van der Waals surface area contributed by atoms with E-state index in [1.54, 1.807) is 12.2 Å². The van der Waals surface area contributed by atoms with Gasteiger partial charge in [0, 0.05) is 19.5 Å². The highest BCUT2D eigenvalue weighted by Gasteiger charge is 2.15. The Balaban J connectivity index is 2.35. The van der Waals surface area contributed by atoms with E-state index in [0.29, 0.717) is 38.0 Å². The first-order chi connectivity index (χ1) is 13.7. The maximum Gasteiger partial charge on any atom is 0.303 e. The molecule has 29 heavy (non-hydrogen) atoms. The standard InChI is InChI=1S/C21H33NO6S/c1-3-18-10-8-12-20(16-18)28-17-19(23)11-9-15-22(29(2,26)27)14-7-5-4-6-13-21(24)25/h5,7-8,10,12,16,19,23H,3-4,6,9,11,13-15,17H2,1-2H3,(H,24,25). The zero-order valence-corrected chi connectivity index (χ0v) is 18.1. The fraction of sp³-hybridized carbons (Fsp3) is 0.571. The third kappa shape index (κ3) is 11.6. The normalized spacial score (nSPS) is 13.1. The van der Waals surface area contributed by atoms with E-state index in [0.717, 1.165) is 18.2 Å². The number of aliphatic hydroxyl groups excluding tert-OH is 1. The predicted molar refractivity (Wildman–Crippen MR) is 114 cm³/mol. The van der Waals surface area contributed by atoms with Gasteiger partial charge in [0.2, 0.25) is 10.0 Å². The fourth-order valence-electron chi connectivity index (χ4n) is 2.71. The molecule has 0 fully saturated rings. The molecule has 0 aromatic heterocycles. The van der Waals surface area contributed by atoms with E-state index in [9.17, 15) is 18.3 Å². The Kier molecular flexibility index (Phi) is 11.6. The third-order valence-corrected chi connectivity index (χ3v) is 5.67. The lowest BCUT2D eigenvalue weighted by Crippen LogP contribution is -2.32. The second kappa shape index (κ2) is 13.3. The number of aryl methyl sites for hydroxylation is 1. The molecule has 0 radical (unpaired) electrons. The van der Waals surface area contributed by atoms with Crippen LogP contribution in [0.3, 0.4) is 0 Å². The second-order valence-electron chi connectivity index (χ2n) is 6.99.